The van der Waals surface area contributed by atoms with Gasteiger partial charge in [-0.3, -0.25) is 14.8 Å². The zero-order valence-electron chi connectivity index (χ0n) is 19.5. The summed E-state index contributed by atoms with van der Waals surface area (Å²) in [4.78, 5) is 26.8. The smallest absolute Gasteiger partial charge is 0.232 e. The van der Waals surface area contributed by atoms with Crippen molar-refractivity contribution in [3.05, 3.63) is 59.3 Å². The summed E-state index contributed by atoms with van der Waals surface area (Å²) in [5.41, 5.74) is 5.56. The van der Waals surface area contributed by atoms with Gasteiger partial charge in [-0.05, 0) is 63.4 Å². The number of imidazole rings is 1. The molecule has 5 rings (SSSR count). The monoisotopic (exact) mass is 454 g/mol. The van der Waals surface area contributed by atoms with Crippen LogP contribution in [0.25, 0.3) is 21.9 Å². The molecule has 1 aliphatic heterocycles. The van der Waals surface area contributed by atoms with Gasteiger partial charge in [0.2, 0.25) is 5.91 Å². The molecular weight excluding hydrogens is 428 g/mol. The summed E-state index contributed by atoms with van der Waals surface area (Å²) in [7, 11) is 0. The number of amides is 1. The van der Waals surface area contributed by atoms with E-state index < -0.39 is 0 Å². The van der Waals surface area contributed by atoms with Crippen LogP contribution in [0.2, 0.25) is 0 Å². The molecular formula is C26H26N6O2. The molecule has 1 aromatic carbocycles. The third kappa shape index (κ3) is 4.11. The summed E-state index contributed by atoms with van der Waals surface area (Å²) in [6, 6.07) is 9.78. The van der Waals surface area contributed by atoms with Crippen molar-refractivity contribution in [1.29, 1.82) is 5.26 Å². The number of hydrogen-bond acceptors (Lipinski definition) is 6. The van der Waals surface area contributed by atoms with Gasteiger partial charge in [0.1, 0.15) is 11.3 Å². The van der Waals surface area contributed by atoms with Gasteiger partial charge in [-0.15, -0.1) is 0 Å². The Labute approximate surface area is 197 Å². The van der Waals surface area contributed by atoms with Crippen LogP contribution in [0, 0.1) is 25.2 Å². The number of aromatic nitrogens is 4. The maximum Gasteiger partial charge on any atom is 0.232 e. The maximum atomic E-state index is 13.1. The standard InChI is InChI=1S/C26H26N6O2/c1-15-8-16(2)28-13-22(15)31-25(33)11-24-30-23-14-29-21-5-4-18(12-27)10-20(21)26(23)32(24)19-6-7-34-17(3)9-19/h4-5,8,10,13-14,17,19H,6-7,9,11H2,1-3H3,(H,31,33)/t17-,19-/m1/s1. The van der Waals surface area contributed by atoms with Crippen LogP contribution in [-0.4, -0.2) is 38.1 Å². The number of fused-ring (bicyclic) bond motifs is 3. The molecule has 0 saturated carbocycles. The summed E-state index contributed by atoms with van der Waals surface area (Å²) in [5.74, 6) is 0.529. The number of rotatable bonds is 4. The van der Waals surface area contributed by atoms with E-state index in [1.807, 2.05) is 32.0 Å². The van der Waals surface area contributed by atoms with Gasteiger partial charge in [0.15, 0.2) is 0 Å². The van der Waals surface area contributed by atoms with Crippen LogP contribution in [0.3, 0.4) is 0 Å². The largest absolute Gasteiger partial charge is 0.378 e. The zero-order chi connectivity index (χ0) is 23.8. The SMILES string of the molecule is Cc1cc(C)c(NC(=O)Cc2nc3cnc4ccc(C#N)cc4c3n2[C@@H]2CCO[C@H](C)C2)cn1. The molecule has 4 heterocycles. The van der Waals surface area contributed by atoms with E-state index >= 15 is 0 Å². The van der Waals surface area contributed by atoms with Crippen LogP contribution in [0.5, 0.6) is 0 Å². The van der Waals surface area contributed by atoms with Gasteiger partial charge >= 0.3 is 0 Å². The predicted molar refractivity (Wildman–Crippen MR) is 129 cm³/mol. The Hall–Kier alpha value is -3.83. The molecule has 1 amide bonds. The second kappa shape index (κ2) is 8.84. The normalized spacial score (nSPS) is 18.2. The Morgan fingerprint density at radius 1 is 1.24 bits per heavy atom. The van der Waals surface area contributed by atoms with E-state index in [9.17, 15) is 10.1 Å². The number of ether oxygens (including phenoxy) is 1. The van der Waals surface area contributed by atoms with E-state index in [0.717, 1.165) is 46.0 Å². The Balaban J connectivity index is 1.60. The van der Waals surface area contributed by atoms with E-state index in [1.54, 1.807) is 18.5 Å². The first-order chi connectivity index (χ1) is 16.4. The molecule has 2 atom stereocenters. The summed E-state index contributed by atoms with van der Waals surface area (Å²) in [5, 5.41) is 13.3. The van der Waals surface area contributed by atoms with Crippen molar-refractivity contribution in [2.75, 3.05) is 11.9 Å². The lowest BCUT2D eigenvalue weighted by Crippen LogP contribution is -2.27. The minimum Gasteiger partial charge on any atom is -0.378 e. The summed E-state index contributed by atoms with van der Waals surface area (Å²) in [6.45, 7) is 6.59. The summed E-state index contributed by atoms with van der Waals surface area (Å²) in [6.07, 6.45) is 5.32. The van der Waals surface area contributed by atoms with Crippen molar-refractivity contribution in [3.63, 3.8) is 0 Å². The molecule has 0 aliphatic carbocycles. The number of carbonyl (C=O) groups excluding carboxylic acids is 1. The van der Waals surface area contributed by atoms with E-state index in [0.29, 0.717) is 23.7 Å². The van der Waals surface area contributed by atoms with Crippen LogP contribution in [0.4, 0.5) is 5.69 Å². The van der Waals surface area contributed by atoms with Crippen LogP contribution in [-0.2, 0) is 16.0 Å². The van der Waals surface area contributed by atoms with Crippen molar-refractivity contribution in [1.82, 2.24) is 19.5 Å². The fourth-order valence-corrected chi connectivity index (χ4v) is 4.79. The number of carbonyl (C=O) groups is 1. The first kappa shape index (κ1) is 22.0. The highest BCUT2D eigenvalue weighted by Crippen LogP contribution is 2.34. The quantitative estimate of drug-likeness (QED) is 0.490. The van der Waals surface area contributed by atoms with Gasteiger partial charge in [-0.1, -0.05) is 0 Å². The number of nitriles is 1. The van der Waals surface area contributed by atoms with Crippen molar-refractivity contribution in [3.8, 4) is 6.07 Å². The number of benzene rings is 1. The minimum atomic E-state index is -0.152. The second-order valence-corrected chi connectivity index (χ2v) is 8.96. The molecule has 1 aliphatic rings. The minimum absolute atomic E-state index is 0.113. The Kier molecular flexibility index (Phi) is 5.72. The molecule has 0 bridgehead atoms. The average Bonchev–Trinajstić information content (AvgIpc) is 3.18. The van der Waals surface area contributed by atoms with Gasteiger partial charge in [0.05, 0.1) is 53.3 Å². The topological polar surface area (TPSA) is 106 Å². The fraction of sp³-hybridized carbons (Fsp3) is 0.346. The van der Waals surface area contributed by atoms with Crippen LogP contribution in [0.1, 0.15) is 48.5 Å². The second-order valence-electron chi connectivity index (χ2n) is 8.96. The molecule has 3 aromatic heterocycles. The van der Waals surface area contributed by atoms with Gasteiger partial charge in [-0.2, -0.15) is 5.26 Å². The Bertz CT molecular complexity index is 1450. The molecule has 8 nitrogen and oxygen atoms in total. The van der Waals surface area contributed by atoms with Gasteiger partial charge < -0.3 is 14.6 Å². The number of nitrogens with one attached hydrogen (secondary N) is 1. The highest BCUT2D eigenvalue weighted by Gasteiger charge is 2.27. The van der Waals surface area contributed by atoms with Crippen LogP contribution < -0.4 is 5.32 Å². The molecule has 1 N–H and O–H groups in total. The lowest BCUT2D eigenvalue weighted by Gasteiger charge is -2.30. The molecule has 1 saturated heterocycles. The highest BCUT2D eigenvalue weighted by atomic mass is 16.5. The molecule has 4 aromatic rings. The summed E-state index contributed by atoms with van der Waals surface area (Å²) >= 11 is 0. The molecule has 172 valence electrons. The zero-order valence-corrected chi connectivity index (χ0v) is 19.5. The number of pyridine rings is 2. The van der Waals surface area contributed by atoms with Gasteiger partial charge in [0.25, 0.3) is 0 Å². The summed E-state index contributed by atoms with van der Waals surface area (Å²) < 4.78 is 7.97. The molecule has 1 fully saturated rings. The van der Waals surface area contributed by atoms with E-state index in [1.165, 1.54) is 0 Å². The highest BCUT2D eigenvalue weighted by molar-refractivity contribution is 6.03. The predicted octanol–water partition coefficient (Wildman–Crippen LogP) is 4.39. The van der Waals surface area contributed by atoms with Crippen molar-refractivity contribution in [2.24, 2.45) is 0 Å². The lowest BCUT2D eigenvalue weighted by molar-refractivity contribution is -0.115. The molecule has 0 spiro atoms. The molecule has 0 unspecified atom stereocenters. The Morgan fingerprint density at radius 3 is 2.85 bits per heavy atom. The Morgan fingerprint density at radius 2 is 2.09 bits per heavy atom. The van der Waals surface area contributed by atoms with Crippen LogP contribution >= 0.6 is 0 Å². The first-order valence-electron chi connectivity index (χ1n) is 11.5. The third-order valence-corrected chi connectivity index (χ3v) is 6.38. The van der Waals surface area contributed by atoms with E-state index in [4.69, 9.17) is 9.72 Å². The van der Waals surface area contributed by atoms with E-state index in [2.05, 4.69) is 32.8 Å². The lowest BCUT2D eigenvalue weighted by atomic mass is 10.0. The van der Waals surface area contributed by atoms with Crippen molar-refractivity contribution in [2.45, 2.75) is 52.2 Å². The van der Waals surface area contributed by atoms with Crippen molar-refractivity contribution >= 4 is 33.5 Å². The first-order valence-corrected chi connectivity index (χ1v) is 11.5. The van der Waals surface area contributed by atoms with Gasteiger partial charge in [0, 0.05) is 23.7 Å². The van der Waals surface area contributed by atoms with Crippen LogP contribution in [0.15, 0.2) is 36.7 Å². The molecule has 34 heavy (non-hydrogen) atoms. The van der Waals surface area contributed by atoms with E-state index in [-0.39, 0.29) is 24.5 Å². The van der Waals surface area contributed by atoms with Gasteiger partial charge in [-0.25, -0.2) is 4.98 Å². The number of hydrogen-bond donors (Lipinski definition) is 1. The number of nitrogens with zero attached hydrogens (tertiary/aromatic N) is 5. The maximum absolute atomic E-state index is 13.1. The van der Waals surface area contributed by atoms with Crippen molar-refractivity contribution < 1.29 is 9.53 Å². The number of anilines is 1. The molecule has 8 heteroatoms. The fourth-order valence-electron chi connectivity index (χ4n) is 4.79. The molecule has 0 radical (unpaired) electrons. The third-order valence-electron chi connectivity index (χ3n) is 6.38. The average molecular weight is 455 g/mol. The number of aryl methyl sites for hydroxylation is 2.